The maximum absolute atomic E-state index is 3.67. The van der Waals surface area contributed by atoms with E-state index in [1.807, 2.05) is 0 Å². The molecule has 0 spiro atoms. The minimum atomic E-state index is 0.722. The van der Waals surface area contributed by atoms with E-state index >= 15 is 0 Å². The van der Waals surface area contributed by atoms with Gasteiger partial charge in [0.2, 0.25) is 0 Å². The number of nitrogens with one attached hydrogen (secondary N) is 1. The lowest BCUT2D eigenvalue weighted by atomic mass is 10.0. The van der Waals surface area contributed by atoms with Crippen LogP contribution in [0.5, 0.6) is 0 Å². The van der Waals surface area contributed by atoms with Crippen LogP contribution in [-0.4, -0.2) is 61.2 Å². The molecule has 1 saturated heterocycles. The van der Waals surface area contributed by atoms with Crippen molar-refractivity contribution in [3.8, 4) is 0 Å². The molecular weight excluding hydrogens is 222 g/mol. The molecule has 0 aromatic heterocycles. The van der Waals surface area contributed by atoms with Crippen LogP contribution in [0.2, 0.25) is 0 Å². The maximum Gasteiger partial charge on any atom is 0.0113 e. The molecule has 2 aliphatic rings. The summed E-state index contributed by atoms with van der Waals surface area (Å²) in [7, 11) is 0. The lowest BCUT2D eigenvalue weighted by Crippen LogP contribution is -2.52. The fraction of sp³-hybridized carbons (Fsp3) is 1.00. The maximum atomic E-state index is 3.67. The zero-order chi connectivity index (χ0) is 13.0. The van der Waals surface area contributed by atoms with Crippen molar-refractivity contribution in [3.05, 3.63) is 0 Å². The predicted molar refractivity (Wildman–Crippen MR) is 78.0 cm³/mol. The van der Waals surface area contributed by atoms with Gasteiger partial charge in [0.25, 0.3) is 0 Å². The van der Waals surface area contributed by atoms with Gasteiger partial charge in [-0.3, -0.25) is 4.90 Å². The third-order valence-electron chi connectivity index (χ3n) is 4.65. The Balaban J connectivity index is 1.66. The minimum absolute atomic E-state index is 0.722. The van der Waals surface area contributed by atoms with Crippen molar-refractivity contribution in [2.45, 2.75) is 52.1 Å². The highest BCUT2D eigenvalue weighted by Crippen LogP contribution is 2.20. The van der Waals surface area contributed by atoms with Gasteiger partial charge in [-0.1, -0.05) is 13.8 Å². The summed E-state index contributed by atoms with van der Waals surface area (Å²) < 4.78 is 0. The Morgan fingerprint density at radius 2 is 1.78 bits per heavy atom. The molecule has 1 heterocycles. The highest BCUT2D eigenvalue weighted by Gasteiger charge is 2.26. The number of nitrogens with zero attached hydrogens (tertiary/aromatic N) is 2. The summed E-state index contributed by atoms with van der Waals surface area (Å²) in [4.78, 5) is 5.29. The molecule has 3 nitrogen and oxygen atoms in total. The van der Waals surface area contributed by atoms with Gasteiger partial charge in [0.1, 0.15) is 0 Å². The van der Waals surface area contributed by atoms with E-state index in [0.29, 0.717) is 0 Å². The quantitative estimate of drug-likeness (QED) is 0.746. The van der Waals surface area contributed by atoms with Gasteiger partial charge in [0, 0.05) is 38.3 Å². The van der Waals surface area contributed by atoms with Crippen LogP contribution in [0.3, 0.4) is 0 Å². The van der Waals surface area contributed by atoms with Crippen molar-refractivity contribution in [2.75, 3.05) is 39.3 Å². The van der Waals surface area contributed by atoms with Gasteiger partial charge in [0.05, 0.1) is 0 Å². The largest absolute Gasteiger partial charge is 0.314 e. The van der Waals surface area contributed by atoms with E-state index in [9.17, 15) is 0 Å². The summed E-state index contributed by atoms with van der Waals surface area (Å²) in [5.74, 6) is 0.767. The van der Waals surface area contributed by atoms with Crippen molar-refractivity contribution < 1.29 is 0 Å². The molecule has 0 aromatic carbocycles. The van der Waals surface area contributed by atoms with Crippen LogP contribution in [0.4, 0.5) is 0 Å². The average Bonchev–Trinajstić information content (AvgIpc) is 3.20. The van der Waals surface area contributed by atoms with Gasteiger partial charge < -0.3 is 10.2 Å². The first kappa shape index (κ1) is 14.3. The van der Waals surface area contributed by atoms with E-state index < -0.39 is 0 Å². The van der Waals surface area contributed by atoms with E-state index in [0.717, 1.165) is 18.0 Å². The monoisotopic (exact) mass is 253 g/mol. The van der Waals surface area contributed by atoms with Gasteiger partial charge in [0.15, 0.2) is 0 Å². The average molecular weight is 253 g/mol. The highest BCUT2D eigenvalue weighted by atomic mass is 15.3. The predicted octanol–water partition coefficient (Wildman–Crippen LogP) is 1.79. The summed E-state index contributed by atoms with van der Waals surface area (Å²) in [6.45, 7) is 14.6. The molecule has 3 heteroatoms. The summed E-state index contributed by atoms with van der Waals surface area (Å²) >= 11 is 0. The molecular formula is C15H31N3. The van der Waals surface area contributed by atoms with Crippen LogP contribution < -0.4 is 5.32 Å². The molecule has 2 rings (SSSR count). The number of hydrogen-bond donors (Lipinski definition) is 1. The summed E-state index contributed by atoms with van der Waals surface area (Å²) in [6, 6.07) is 1.57. The molecule has 0 amide bonds. The zero-order valence-corrected chi connectivity index (χ0v) is 12.5. The molecule has 1 N–H and O–H groups in total. The first-order valence-electron chi connectivity index (χ1n) is 7.90. The smallest absolute Gasteiger partial charge is 0.0113 e. The lowest BCUT2D eigenvalue weighted by Gasteiger charge is -2.40. The Bertz CT molecular complexity index is 232. The number of hydrogen-bond acceptors (Lipinski definition) is 3. The SMILES string of the molecule is CCCN1CCN(C(C)C(C)CNC2CC2)CC1. The highest BCUT2D eigenvalue weighted by molar-refractivity contribution is 4.84. The normalized spacial score (nSPS) is 26.2. The first-order chi connectivity index (χ1) is 8.70. The van der Waals surface area contributed by atoms with Crippen molar-refractivity contribution >= 4 is 0 Å². The molecule has 2 unspecified atom stereocenters. The van der Waals surface area contributed by atoms with E-state index in [2.05, 4.69) is 35.9 Å². The fourth-order valence-electron chi connectivity index (χ4n) is 2.88. The van der Waals surface area contributed by atoms with Crippen LogP contribution in [-0.2, 0) is 0 Å². The first-order valence-corrected chi connectivity index (χ1v) is 7.90. The Kier molecular flexibility index (Phi) is 5.46. The van der Waals surface area contributed by atoms with Crippen LogP contribution in [0.1, 0.15) is 40.0 Å². The molecule has 0 radical (unpaired) electrons. The van der Waals surface area contributed by atoms with Gasteiger partial charge in [-0.15, -0.1) is 0 Å². The van der Waals surface area contributed by atoms with Crippen LogP contribution in [0.25, 0.3) is 0 Å². The van der Waals surface area contributed by atoms with E-state index in [4.69, 9.17) is 0 Å². The molecule has 18 heavy (non-hydrogen) atoms. The van der Waals surface area contributed by atoms with Crippen molar-refractivity contribution in [2.24, 2.45) is 5.92 Å². The van der Waals surface area contributed by atoms with Gasteiger partial charge in [-0.05, 0) is 45.2 Å². The lowest BCUT2D eigenvalue weighted by molar-refractivity contribution is 0.0805. The molecule has 106 valence electrons. The Hall–Kier alpha value is -0.120. The summed E-state index contributed by atoms with van der Waals surface area (Å²) in [6.07, 6.45) is 4.09. The molecule has 2 fully saturated rings. The van der Waals surface area contributed by atoms with Crippen molar-refractivity contribution in [1.29, 1.82) is 0 Å². The molecule has 1 aliphatic carbocycles. The number of rotatable bonds is 7. The summed E-state index contributed by atoms with van der Waals surface area (Å²) in [5, 5.41) is 3.67. The van der Waals surface area contributed by atoms with Crippen LogP contribution in [0, 0.1) is 5.92 Å². The molecule has 0 aromatic rings. The molecule has 0 bridgehead atoms. The van der Waals surface area contributed by atoms with Crippen LogP contribution in [0.15, 0.2) is 0 Å². The summed E-state index contributed by atoms with van der Waals surface area (Å²) in [5.41, 5.74) is 0. The topological polar surface area (TPSA) is 18.5 Å². The zero-order valence-electron chi connectivity index (χ0n) is 12.5. The van der Waals surface area contributed by atoms with E-state index in [1.165, 1.54) is 58.5 Å². The van der Waals surface area contributed by atoms with Crippen LogP contribution >= 0.6 is 0 Å². The van der Waals surface area contributed by atoms with Gasteiger partial charge in [-0.2, -0.15) is 0 Å². The third-order valence-corrected chi connectivity index (χ3v) is 4.65. The van der Waals surface area contributed by atoms with Gasteiger partial charge >= 0.3 is 0 Å². The molecule has 1 saturated carbocycles. The second kappa shape index (κ2) is 6.88. The van der Waals surface area contributed by atoms with Gasteiger partial charge in [-0.25, -0.2) is 0 Å². The number of piperazine rings is 1. The second-order valence-electron chi connectivity index (χ2n) is 6.28. The Morgan fingerprint density at radius 3 is 2.33 bits per heavy atom. The minimum Gasteiger partial charge on any atom is -0.314 e. The Labute approximate surface area is 113 Å². The fourth-order valence-corrected chi connectivity index (χ4v) is 2.88. The van der Waals surface area contributed by atoms with E-state index in [1.54, 1.807) is 0 Å². The third kappa shape index (κ3) is 4.22. The molecule has 1 aliphatic heterocycles. The standard InChI is InChI=1S/C15H31N3/c1-4-7-17-8-10-18(11-9-17)14(3)13(2)12-16-15-5-6-15/h13-16H,4-12H2,1-3H3. The molecule has 2 atom stereocenters. The Morgan fingerprint density at radius 1 is 1.11 bits per heavy atom. The second-order valence-corrected chi connectivity index (χ2v) is 6.28. The van der Waals surface area contributed by atoms with Crippen molar-refractivity contribution in [3.63, 3.8) is 0 Å². The van der Waals surface area contributed by atoms with Crippen molar-refractivity contribution in [1.82, 2.24) is 15.1 Å². The van der Waals surface area contributed by atoms with E-state index in [-0.39, 0.29) is 0 Å².